The van der Waals surface area contributed by atoms with E-state index in [0.29, 0.717) is 25.7 Å². The molecule has 29 heavy (non-hydrogen) atoms. The van der Waals surface area contributed by atoms with Gasteiger partial charge in [0.15, 0.2) is 0 Å². The molecule has 0 amide bonds. The summed E-state index contributed by atoms with van der Waals surface area (Å²) < 4.78 is 18.4. The minimum Gasteiger partial charge on any atom is -0.469 e. The maximum absolute atomic E-state index is 13.7. The van der Waals surface area contributed by atoms with Crippen molar-refractivity contribution in [2.45, 2.75) is 95.4 Å². The Hall–Kier alpha value is -1.24. The van der Waals surface area contributed by atoms with Crippen LogP contribution < -0.4 is 0 Å². The Bertz CT molecular complexity index is 535. The first-order valence-electron chi connectivity index (χ1n) is 10.9. The third-order valence-corrected chi connectivity index (χ3v) is 6.07. The van der Waals surface area contributed by atoms with Crippen molar-refractivity contribution < 1.29 is 29.2 Å². The van der Waals surface area contributed by atoms with Crippen molar-refractivity contribution in [3.8, 4) is 0 Å². The van der Waals surface area contributed by atoms with Gasteiger partial charge in [-0.1, -0.05) is 57.8 Å². The topological polar surface area (TPSA) is 87.0 Å². The van der Waals surface area contributed by atoms with Crippen molar-refractivity contribution in [1.82, 2.24) is 0 Å². The number of aliphatic hydroxyl groups is 3. The third kappa shape index (κ3) is 8.57. The van der Waals surface area contributed by atoms with Crippen LogP contribution in [0.15, 0.2) is 24.6 Å². The van der Waals surface area contributed by atoms with Crippen LogP contribution in [0.4, 0.5) is 4.39 Å². The van der Waals surface area contributed by atoms with Crippen LogP contribution in [0.5, 0.6) is 0 Å². The molecule has 1 fully saturated rings. The number of ether oxygens (including phenoxy) is 1. The van der Waals surface area contributed by atoms with Crippen LogP contribution in [0.1, 0.15) is 77.6 Å². The smallest absolute Gasteiger partial charge is 0.305 e. The van der Waals surface area contributed by atoms with E-state index in [1.165, 1.54) is 7.11 Å². The van der Waals surface area contributed by atoms with Gasteiger partial charge in [-0.3, -0.25) is 4.79 Å². The second-order valence-electron chi connectivity index (χ2n) is 8.31. The van der Waals surface area contributed by atoms with E-state index in [-0.39, 0.29) is 24.2 Å². The van der Waals surface area contributed by atoms with Crippen molar-refractivity contribution in [2.75, 3.05) is 7.11 Å². The van der Waals surface area contributed by atoms with Gasteiger partial charge < -0.3 is 20.1 Å². The van der Waals surface area contributed by atoms with Gasteiger partial charge in [0.05, 0.1) is 19.3 Å². The minimum absolute atomic E-state index is 0.0563. The number of hydrogen-bond donors (Lipinski definition) is 3. The predicted octanol–water partition coefficient (Wildman–Crippen LogP) is 4.21. The SMILES string of the molecule is C=C(F)C(O)(CC=C[C@@H]1[C@@H](CCCCCCC(=O)OC)[C@@H](O)C[C@H]1O)CCCC. The van der Waals surface area contributed by atoms with Crippen molar-refractivity contribution >= 4 is 5.97 Å². The summed E-state index contributed by atoms with van der Waals surface area (Å²) in [5.41, 5.74) is -1.57. The molecule has 1 aliphatic rings. The molecule has 0 aromatic carbocycles. The Balaban J connectivity index is 2.53. The summed E-state index contributed by atoms with van der Waals surface area (Å²) in [6.45, 7) is 5.26. The predicted molar refractivity (Wildman–Crippen MR) is 112 cm³/mol. The largest absolute Gasteiger partial charge is 0.469 e. The molecule has 6 heteroatoms. The molecule has 1 aliphatic carbocycles. The average molecular weight is 415 g/mol. The van der Waals surface area contributed by atoms with E-state index in [4.69, 9.17) is 0 Å². The molecule has 1 saturated carbocycles. The molecule has 0 spiro atoms. The van der Waals surface area contributed by atoms with Crippen LogP contribution >= 0.6 is 0 Å². The van der Waals surface area contributed by atoms with Crippen LogP contribution in [0, 0.1) is 11.8 Å². The van der Waals surface area contributed by atoms with E-state index in [1.807, 2.05) is 13.0 Å². The Labute approximate surface area is 174 Å². The standard InChI is InChI=1S/C23H39FO5/c1-4-5-14-23(28,17(2)24)15-10-12-19-18(20(25)16-21(19)26)11-8-6-7-9-13-22(27)29-3/h10,12,18-21,25-26,28H,2,4-9,11,13-16H2,1,3H3/t18-,19-,20+,21-,23?/m1/s1. The van der Waals surface area contributed by atoms with E-state index >= 15 is 0 Å². The summed E-state index contributed by atoms with van der Waals surface area (Å²) in [5.74, 6) is -1.19. The van der Waals surface area contributed by atoms with Crippen LogP contribution in [0.25, 0.3) is 0 Å². The van der Waals surface area contributed by atoms with Crippen molar-refractivity contribution in [3.63, 3.8) is 0 Å². The van der Waals surface area contributed by atoms with Gasteiger partial charge in [-0.2, -0.15) is 0 Å². The molecule has 0 saturated heterocycles. The highest BCUT2D eigenvalue weighted by atomic mass is 19.1. The zero-order valence-electron chi connectivity index (χ0n) is 18.0. The summed E-state index contributed by atoms with van der Waals surface area (Å²) in [6.07, 6.45) is 9.42. The first-order valence-corrected chi connectivity index (χ1v) is 10.9. The zero-order chi connectivity index (χ0) is 21.9. The highest BCUT2D eigenvalue weighted by Crippen LogP contribution is 2.38. The molecular formula is C23H39FO5. The van der Waals surface area contributed by atoms with Gasteiger partial charge in [0.1, 0.15) is 11.4 Å². The fraction of sp³-hybridized carbons (Fsp3) is 0.783. The molecule has 0 bridgehead atoms. The maximum Gasteiger partial charge on any atom is 0.305 e. The van der Waals surface area contributed by atoms with Gasteiger partial charge in [0, 0.05) is 25.2 Å². The average Bonchev–Trinajstić information content (AvgIpc) is 2.95. The molecule has 0 aliphatic heterocycles. The van der Waals surface area contributed by atoms with Crippen LogP contribution in [0.2, 0.25) is 0 Å². The summed E-state index contributed by atoms with van der Waals surface area (Å²) in [5, 5.41) is 31.1. The molecule has 5 atom stereocenters. The van der Waals surface area contributed by atoms with Gasteiger partial charge in [-0.25, -0.2) is 4.39 Å². The van der Waals surface area contributed by atoms with E-state index in [2.05, 4.69) is 11.3 Å². The number of rotatable bonds is 14. The molecule has 5 nitrogen and oxygen atoms in total. The Morgan fingerprint density at radius 3 is 2.52 bits per heavy atom. The third-order valence-electron chi connectivity index (χ3n) is 6.07. The van der Waals surface area contributed by atoms with Crippen molar-refractivity contribution in [2.24, 2.45) is 11.8 Å². The summed E-state index contributed by atoms with van der Waals surface area (Å²) in [4.78, 5) is 11.1. The fourth-order valence-corrected chi connectivity index (χ4v) is 4.12. The van der Waals surface area contributed by atoms with E-state index in [1.54, 1.807) is 6.08 Å². The molecule has 0 heterocycles. The monoisotopic (exact) mass is 414 g/mol. The Kier molecular flexibility index (Phi) is 11.7. The second-order valence-corrected chi connectivity index (χ2v) is 8.31. The summed E-state index contributed by atoms with van der Waals surface area (Å²) in [6, 6.07) is 0. The second kappa shape index (κ2) is 13.1. The molecule has 0 aromatic rings. The number of carbonyl (C=O) groups is 1. The molecule has 168 valence electrons. The number of hydrogen-bond acceptors (Lipinski definition) is 5. The van der Waals surface area contributed by atoms with Crippen LogP contribution in [-0.4, -0.2) is 46.2 Å². The number of methoxy groups -OCH3 is 1. The van der Waals surface area contributed by atoms with Crippen molar-refractivity contribution in [3.05, 3.63) is 24.6 Å². The molecule has 0 radical (unpaired) electrons. The fourth-order valence-electron chi connectivity index (χ4n) is 4.12. The summed E-state index contributed by atoms with van der Waals surface area (Å²) in [7, 11) is 1.39. The van der Waals surface area contributed by atoms with Crippen LogP contribution in [-0.2, 0) is 9.53 Å². The lowest BCUT2D eigenvalue weighted by Gasteiger charge is -2.25. The highest BCUT2D eigenvalue weighted by molar-refractivity contribution is 5.68. The zero-order valence-corrected chi connectivity index (χ0v) is 18.0. The molecule has 1 rings (SSSR count). The van der Waals surface area contributed by atoms with Gasteiger partial charge in [-0.15, -0.1) is 0 Å². The molecule has 1 unspecified atom stereocenters. The number of esters is 1. The number of aliphatic hydroxyl groups excluding tert-OH is 2. The maximum atomic E-state index is 13.7. The van der Waals surface area contributed by atoms with Crippen molar-refractivity contribution in [1.29, 1.82) is 0 Å². The van der Waals surface area contributed by atoms with E-state index < -0.39 is 23.6 Å². The normalized spacial score (nSPS) is 26.6. The van der Waals surface area contributed by atoms with Gasteiger partial charge in [-0.05, 0) is 25.2 Å². The van der Waals surface area contributed by atoms with Gasteiger partial charge in [0.2, 0.25) is 0 Å². The molecule has 0 aromatic heterocycles. The first kappa shape index (κ1) is 25.8. The van der Waals surface area contributed by atoms with Gasteiger partial charge >= 0.3 is 5.97 Å². The van der Waals surface area contributed by atoms with E-state index in [9.17, 15) is 24.5 Å². The number of carbonyl (C=O) groups excluding carboxylic acids is 1. The number of halogens is 1. The minimum atomic E-state index is -1.57. The lowest BCUT2D eigenvalue weighted by atomic mass is 9.86. The Morgan fingerprint density at radius 1 is 1.21 bits per heavy atom. The molecular weight excluding hydrogens is 375 g/mol. The molecule has 3 N–H and O–H groups in total. The van der Waals surface area contributed by atoms with Gasteiger partial charge in [0.25, 0.3) is 0 Å². The first-order chi connectivity index (χ1) is 13.7. The lowest BCUT2D eigenvalue weighted by Crippen LogP contribution is -2.28. The highest BCUT2D eigenvalue weighted by Gasteiger charge is 2.39. The quantitative estimate of drug-likeness (QED) is 0.225. The number of unbranched alkanes of at least 4 members (excludes halogenated alkanes) is 4. The summed E-state index contributed by atoms with van der Waals surface area (Å²) >= 11 is 0. The van der Waals surface area contributed by atoms with Crippen LogP contribution in [0.3, 0.4) is 0 Å². The van der Waals surface area contributed by atoms with E-state index in [0.717, 1.165) is 38.5 Å². The Morgan fingerprint density at radius 2 is 1.90 bits per heavy atom. The lowest BCUT2D eigenvalue weighted by molar-refractivity contribution is -0.140.